The highest BCUT2D eigenvalue weighted by molar-refractivity contribution is 5.04. The lowest BCUT2D eigenvalue weighted by Gasteiger charge is -2.45. The molecule has 0 amide bonds. The van der Waals surface area contributed by atoms with Gasteiger partial charge in [0.2, 0.25) is 0 Å². The predicted octanol–water partition coefficient (Wildman–Crippen LogP) is 2.02. The topological polar surface area (TPSA) is 24.5 Å². The number of rotatable bonds is 6. The van der Waals surface area contributed by atoms with Crippen molar-refractivity contribution in [3.05, 3.63) is 0 Å². The van der Waals surface area contributed by atoms with Crippen LogP contribution < -0.4 is 5.32 Å². The van der Waals surface area contributed by atoms with Crippen molar-refractivity contribution in [2.75, 3.05) is 33.4 Å². The van der Waals surface area contributed by atoms with Gasteiger partial charge in [-0.2, -0.15) is 0 Å². The van der Waals surface area contributed by atoms with Crippen LogP contribution >= 0.6 is 0 Å². The van der Waals surface area contributed by atoms with Crippen molar-refractivity contribution in [2.45, 2.75) is 57.0 Å². The van der Waals surface area contributed by atoms with Crippen molar-refractivity contribution in [1.82, 2.24) is 10.2 Å². The molecule has 0 radical (unpaired) electrons. The van der Waals surface area contributed by atoms with Crippen LogP contribution in [0.3, 0.4) is 0 Å². The molecule has 2 fully saturated rings. The average Bonchev–Trinajstić information content (AvgIpc) is 3.00. The van der Waals surface area contributed by atoms with Crippen LogP contribution in [0.4, 0.5) is 0 Å². The van der Waals surface area contributed by atoms with Crippen LogP contribution in [-0.4, -0.2) is 49.8 Å². The van der Waals surface area contributed by atoms with Crippen LogP contribution in [0.2, 0.25) is 0 Å². The van der Waals surface area contributed by atoms with Crippen LogP contribution in [0.25, 0.3) is 0 Å². The molecule has 3 nitrogen and oxygen atoms in total. The molecule has 1 aliphatic heterocycles. The second-order valence-electron chi connectivity index (χ2n) is 5.57. The van der Waals surface area contributed by atoms with Crippen molar-refractivity contribution < 1.29 is 4.74 Å². The zero-order valence-electron chi connectivity index (χ0n) is 11.5. The van der Waals surface area contributed by atoms with Gasteiger partial charge in [0.25, 0.3) is 0 Å². The zero-order valence-corrected chi connectivity index (χ0v) is 11.5. The smallest absolute Gasteiger partial charge is 0.0633 e. The number of nitrogens with zero attached hydrogens (tertiary/aromatic N) is 1. The Kier molecular flexibility index (Phi) is 4.83. The molecule has 1 heterocycles. The fraction of sp³-hybridized carbons (Fsp3) is 1.00. The minimum atomic E-state index is 0.391. The minimum absolute atomic E-state index is 0.391. The Balaban J connectivity index is 2.12. The monoisotopic (exact) mass is 240 g/mol. The van der Waals surface area contributed by atoms with Crippen LogP contribution in [0.15, 0.2) is 0 Å². The molecule has 1 N–H and O–H groups in total. The third kappa shape index (κ3) is 2.67. The summed E-state index contributed by atoms with van der Waals surface area (Å²) in [7, 11) is 1.83. The number of hydrogen-bond acceptors (Lipinski definition) is 3. The molecule has 0 spiro atoms. The summed E-state index contributed by atoms with van der Waals surface area (Å²) in [5, 5.41) is 3.68. The first kappa shape index (κ1) is 13.3. The molecule has 0 aromatic rings. The molecule has 1 unspecified atom stereocenters. The van der Waals surface area contributed by atoms with Gasteiger partial charge in [-0.1, -0.05) is 19.8 Å². The first-order chi connectivity index (χ1) is 8.33. The Morgan fingerprint density at radius 3 is 2.35 bits per heavy atom. The van der Waals surface area contributed by atoms with Crippen molar-refractivity contribution in [2.24, 2.45) is 0 Å². The highest BCUT2D eigenvalue weighted by Gasteiger charge is 2.46. The van der Waals surface area contributed by atoms with Gasteiger partial charge >= 0.3 is 0 Å². The molecule has 2 aliphatic rings. The van der Waals surface area contributed by atoms with E-state index in [2.05, 4.69) is 17.1 Å². The second kappa shape index (κ2) is 6.17. The summed E-state index contributed by atoms with van der Waals surface area (Å²) in [6.07, 6.45) is 8.26. The summed E-state index contributed by atoms with van der Waals surface area (Å²) in [5.41, 5.74) is 0.391. The van der Waals surface area contributed by atoms with Crippen LogP contribution in [-0.2, 0) is 4.74 Å². The molecule has 1 saturated carbocycles. The van der Waals surface area contributed by atoms with Crippen molar-refractivity contribution in [3.8, 4) is 0 Å². The summed E-state index contributed by atoms with van der Waals surface area (Å²) in [5.74, 6) is 0. The van der Waals surface area contributed by atoms with E-state index in [1.165, 1.54) is 51.6 Å². The standard InChI is InChI=1S/C14H28N2O/c1-3-15-13(12-17-2)14(8-4-5-9-14)16-10-6-7-11-16/h13,15H,3-12H2,1-2H3. The summed E-state index contributed by atoms with van der Waals surface area (Å²) in [6, 6.07) is 0.512. The molecule has 0 aromatic carbocycles. The quantitative estimate of drug-likeness (QED) is 0.769. The van der Waals surface area contributed by atoms with Gasteiger partial charge in [0, 0.05) is 18.7 Å². The Morgan fingerprint density at radius 1 is 1.18 bits per heavy atom. The number of likely N-dealkylation sites (N-methyl/N-ethyl adjacent to an activating group) is 1. The van der Waals surface area contributed by atoms with Crippen molar-refractivity contribution in [3.63, 3.8) is 0 Å². The highest BCUT2D eigenvalue weighted by Crippen LogP contribution is 2.40. The molecule has 3 heteroatoms. The van der Waals surface area contributed by atoms with Crippen LogP contribution in [0.5, 0.6) is 0 Å². The van der Waals surface area contributed by atoms with E-state index in [0.29, 0.717) is 11.6 Å². The van der Waals surface area contributed by atoms with Gasteiger partial charge in [-0.3, -0.25) is 4.90 Å². The van der Waals surface area contributed by atoms with Gasteiger partial charge in [0.1, 0.15) is 0 Å². The van der Waals surface area contributed by atoms with E-state index in [1.54, 1.807) is 0 Å². The SMILES string of the molecule is CCNC(COC)C1(N2CCCC2)CCCC1. The maximum absolute atomic E-state index is 5.46. The molecule has 1 atom stereocenters. The van der Waals surface area contributed by atoms with Crippen molar-refractivity contribution >= 4 is 0 Å². The van der Waals surface area contributed by atoms with Gasteiger partial charge in [0.15, 0.2) is 0 Å². The van der Waals surface area contributed by atoms with Crippen molar-refractivity contribution in [1.29, 1.82) is 0 Å². The Labute approximate surface area is 106 Å². The zero-order chi connectivity index (χ0) is 12.1. The maximum Gasteiger partial charge on any atom is 0.0633 e. The summed E-state index contributed by atoms with van der Waals surface area (Å²) < 4.78 is 5.46. The number of methoxy groups -OCH3 is 1. The lowest BCUT2D eigenvalue weighted by Crippen LogP contribution is -2.60. The number of nitrogens with one attached hydrogen (secondary N) is 1. The van der Waals surface area contributed by atoms with E-state index < -0.39 is 0 Å². The molecule has 100 valence electrons. The maximum atomic E-state index is 5.46. The van der Waals surface area contributed by atoms with Gasteiger partial charge in [-0.15, -0.1) is 0 Å². The van der Waals surface area contributed by atoms with Gasteiger partial charge < -0.3 is 10.1 Å². The fourth-order valence-electron chi connectivity index (χ4n) is 3.85. The second-order valence-corrected chi connectivity index (χ2v) is 5.57. The molecule has 1 aliphatic carbocycles. The third-order valence-corrected chi connectivity index (χ3v) is 4.64. The summed E-state index contributed by atoms with van der Waals surface area (Å²) >= 11 is 0. The normalized spacial score (nSPS) is 26.5. The van der Waals surface area contributed by atoms with Gasteiger partial charge in [0.05, 0.1) is 6.61 Å². The van der Waals surface area contributed by atoms with Gasteiger partial charge in [-0.25, -0.2) is 0 Å². The summed E-state index contributed by atoms with van der Waals surface area (Å²) in [4.78, 5) is 2.76. The molecule has 17 heavy (non-hydrogen) atoms. The van der Waals surface area contributed by atoms with E-state index in [0.717, 1.165) is 13.2 Å². The third-order valence-electron chi connectivity index (χ3n) is 4.64. The molecular formula is C14H28N2O. The van der Waals surface area contributed by atoms with E-state index in [1.807, 2.05) is 7.11 Å². The molecule has 0 bridgehead atoms. The first-order valence-corrected chi connectivity index (χ1v) is 7.31. The lowest BCUT2D eigenvalue weighted by atomic mass is 9.86. The largest absolute Gasteiger partial charge is 0.383 e. The Hall–Kier alpha value is -0.120. The Morgan fingerprint density at radius 2 is 1.82 bits per heavy atom. The van der Waals surface area contributed by atoms with E-state index in [-0.39, 0.29) is 0 Å². The van der Waals surface area contributed by atoms with E-state index in [9.17, 15) is 0 Å². The molecule has 1 saturated heterocycles. The average molecular weight is 240 g/mol. The number of likely N-dealkylation sites (tertiary alicyclic amines) is 1. The minimum Gasteiger partial charge on any atom is -0.383 e. The number of ether oxygens (including phenoxy) is 1. The molecular weight excluding hydrogens is 212 g/mol. The van der Waals surface area contributed by atoms with Crippen LogP contribution in [0, 0.1) is 0 Å². The van der Waals surface area contributed by atoms with E-state index >= 15 is 0 Å². The summed E-state index contributed by atoms with van der Waals surface area (Å²) in [6.45, 7) is 6.69. The predicted molar refractivity (Wildman–Crippen MR) is 71.3 cm³/mol. The van der Waals surface area contributed by atoms with Crippen LogP contribution in [0.1, 0.15) is 45.4 Å². The highest BCUT2D eigenvalue weighted by atomic mass is 16.5. The van der Waals surface area contributed by atoms with E-state index in [4.69, 9.17) is 4.74 Å². The Bertz CT molecular complexity index is 214. The molecule has 0 aromatic heterocycles. The fourth-order valence-corrected chi connectivity index (χ4v) is 3.85. The lowest BCUT2D eigenvalue weighted by molar-refractivity contribution is 0.0355. The number of hydrogen-bond donors (Lipinski definition) is 1. The molecule has 2 rings (SSSR count). The van der Waals surface area contributed by atoms with Gasteiger partial charge in [-0.05, 0) is 45.3 Å². The first-order valence-electron chi connectivity index (χ1n) is 7.31.